The Bertz CT molecular complexity index is 1110. The second kappa shape index (κ2) is 7.72. The average molecular weight is 413 g/mol. The molecule has 0 bridgehead atoms. The van der Waals surface area contributed by atoms with Gasteiger partial charge in [0.1, 0.15) is 6.04 Å². The normalized spacial score (nSPS) is 17.3. The van der Waals surface area contributed by atoms with Gasteiger partial charge in [-0.25, -0.2) is 8.42 Å². The Labute approximate surface area is 167 Å². The van der Waals surface area contributed by atoms with Gasteiger partial charge in [-0.05, 0) is 49.2 Å². The van der Waals surface area contributed by atoms with Crippen molar-refractivity contribution in [3.63, 3.8) is 0 Å². The zero-order valence-electron chi connectivity index (χ0n) is 15.6. The molecule has 9 nitrogen and oxygen atoms in total. The summed E-state index contributed by atoms with van der Waals surface area (Å²) in [5, 5.41) is 6.48. The number of hydrogen-bond donors (Lipinski definition) is 1. The summed E-state index contributed by atoms with van der Waals surface area (Å²) in [6, 6.07) is 8.89. The minimum atomic E-state index is -3.78. The van der Waals surface area contributed by atoms with Gasteiger partial charge in [-0.15, -0.1) is 0 Å². The molecular weight excluding hydrogens is 394 g/mol. The smallest absolute Gasteiger partial charge is 0.251 e. The van der Waals surface area contributed by atoms with Crippen LogP contribution in [0, 0.1) is 0 Å². The second-order valence-corrected chi connectivity index (χ2v) is 8.47. The molecule has 1 fully saturated rings. The van der Waals surface area contributed by atoms with Gasteiger partial charge < -0.3 is 9.84 Å². The van der Waals surface area contributed by atoms with Crippen LogP contribution in [0.3, 0.4) is 0 Å². The molecule has 1 aromatic carbocycles. The highest BCUT2D eigenvalue weighted by atomic mass is 32.2. The monoisotopic (exact) mass is 413 g/mol. The summed E-state index contributed by atoms with van der Waals surface area (Å²) < 4.78 is 33.1. The highest BCUT2D eigenvalue weighted by Gasteiger charge is 2.39. The van der Waals surface area contributed by atoms with E-state index in [0.717, 1.165) is 0 Å². The predicted octanol–water partition coefficient (Wildman–Crippen LogP) is 2.02. The van der Waals surface area contributed by atoms with E-state index in [2.05, 4.69) is 20.4 Å². The molecule has 0 spiro atoms. The molecule has 150 valence electrons. The molecule has 3 heterocycles. The lowest BCUT2D eigenvalue weighted by Crippen LogP contribution is -2.31. The molecule has 0 aliphatic carbocycles. The van der Waals surface area contributed by atoms with Crippen molar-refractivity contribution >= 4 is 15.9 Å². The Morgan fingerprint density at radius 2 is 2.03 bits per heavy atom. The molecular formula is C19H19N5O4S. The summed E-state index contributed by atoms with van der Waals surface area (Å²) in [7, 11) is -2.26. The third kappa shape index (κ3) is 3.64. The zero-order chi connectivity index (χ0) is 20.4. The van der Waals surface area contributed by atoms with E-state index >= 15 is 0 Å². The minimum Gasteiger partial charge on any atom is -0.355 e. The number of benzene rings is 1. The van der Waals surface area contributed by atoms with Crippen LogP contribution in [-0.2, 0) is 10.0 Å². The molecule has 0 saturated carbocycles. The van der Waals surface area contributed by atoms with Crippen LogP contribution < -0.4 is 5.32 Å². The van der Waals surface area contributed by atoms with Gasteiger partial charge in [0.05, 0.1) is 4.90 Å². The second-order valence-electron chi connectivity index (χ2n) is 6.58. The number of sulfonamides is 1. The molecule has 0 unspecified atom stereocenters. The number of amides is 1. The van der Waals surface area contributed by atoms with Gasteiger partial charge >= 0.3 is 0 Å². The fourth-order valence-corrected chi connectivity index (χ4v) is 4.97. The molecule has 3 aromatic rings. The first-order valence-electron chi connectivity index (χ1n) is 9.08. The molecule has 0 radical (unpaired) electrons. The molecule has 10 heteroatoms. The van der Waals surface area contributed by atoms with Gasteiger partial charge in [-0.3, -0.25) is 9.78 Å². The van der Waals surface area contributed by atoms with Gasteiger partial charge in [0.2, 0.25) is 21.7 Å². The van der Waals surface area contributed by atoms with Crippen molar-refractivity contribution in [2.24, 2.45) is 0 Å². The van der Waals surface area contributed by atoms with Gasteiger partial charge in [-0.2, -0.15) is 9.29 Å². The molecule has 1 saturated heterocycles. The number of nitrogens with one attached hydrogen (secondary N) is 1. The maximum Gasteiger partial charge on any atom is 0.251 e. The molecule has 1 amide bonds. The summed E-state index contributed by atoms with van der Waals surface area (Å²) >= 11 is 0. The van der Waals surface area contributed by atoms with E-state index in [4.69, 9.17) is 4.52 Å². The Kier molecular flexibility index (Phi) is 5.12. The topological polar surface area (TPSA) is 118 Å². The fraction of sp³-hybridized carbons (Fsp3) is 0.263. The van der Waals surface area contributed by atoms with Crippen molar-refractivity contribution in [1.29, 1.82) is 0 Å². The number of rotatable bonds is 5. The lowest BCUT2D eigenvalue weighted by molar-refractivity contribution is 0.0963. The molecule has 1 aliphatic heterocycles. The Balaban J connectivity index is 1.61. The van der Waals surface area contributed by atoms with Crippen molar-refractivity contribution in [2.75, 3.05) is 13.6 Å². The van der Waals surface area contributed by atoms with Gasteiger partial charge in [-0.1, -0.05) is 5.16 Å². The predicted molar refractivity (Wildman–Crippen MR) is 103 cm³/mol. The third-order valence-electron chi connectivity index (χ3n) is 4.80. The maximum absolute atomic E-state index is 13.2. The average Bonchev–Trinajstić information content (AvgIpc) is 3.43. The SMILES string of the molecule is CNC(=O)c1ccc(S(=O)(=O)N2CCC[C@H]2c2nc(-c3cccnc3)no2)cc1. The maximum atomic E-state index is 13.2. The number of carbonyl (C=O) groups is 1. The van der Waals surface area contributed by atoms with Crippen molar-refractivity contribution in [2.45, 2.75) is 23.8 Å². The first-order valence-corrected chi connectivity index (χ1v) is 10.5. The lowest BCUT2D eigenvalue weighted by Gasteiger charge is -2.21. The molecule has 1 aliphatic rings. The van der Waals surface area contributed by atoms with Crippen LogP contribution in [0.25, 0.3) is 11.4 Å². The van der Waals surface area contributed by atoms with Crippen LogP contribution in [0.5, 0.6) is 0 Å². The van der Waals surface area contributed by atoms with E-state index in [1.54, 1.807) is 24.5 Å². The molecule has 4 rings (SSSR count). The zero-order valence-corrected chi connectivity index (χ0v) is 16.5. The Hall–Kier alpha value is -3.11. The van der Waals surface area contributed by atoms with Crippen molar-refractivity contribution < 1.29 is 17.7 Å². The summed E-state index contributed by atoms with van der Waals surface area (Å²) in [6.45, 7) is 0.356. The van der Waals surface area contributed by atoms with Crippen LogP contribution in [0.4, 0.5) is 0 Å². The standard InChI is InChI=1S/C19H19N5O4S/c1-20-18(25)13-6-8-15(9-7-13)29(26,27)24-11-3-5-16(24)19-22-17(23-28-19)14-4-2-10-21-12-14/h2,4,6-10,12,16H,3,5,11H2,1H3,(H,20,25)/t16-/m0/s1. The van der Waals surface area contributed by atoms with E-state index in [9.17, 15) is 13.2 Å². The summed E-state index contributed by atoms with van der Waals surface area (Å²) in [6.07, 6.45) is 4.53. The van der Waals surface area contributed by atoms with Crippen LogP contribution >= 0.6 is 0 Å². The van der Waals surface area contributed by atoms with E-state index < -0.39 is 16.1 Å². The number of pyridine rings is 1. The molecule has 2 aromatic heterocycles. The Morgan fingerprint density at radius 1 is 1.24 bits per heavy atom. The minimum absolute atomic E-state index is 0.115. The largest absolute Gasteiger partial charge is 0.355 e. The van der Waals surface area contributed by atoms with E-state index in [1.807, 2.05) is 0 Å². The lowest BCUT2D eigenvalue weighted by atomic mass is 10.2. The van der Waals surface area contributed by atoms with Crippen LogP contribution in [0.15, 0.2) is 58.2 Å². The van der Waals surface area contributed by atoms with Crippen LogP contribution in [0.2, 0.25) is 0 Å². The fourth-order valence-electron chi connectivity index (χ4n) is 3.32. The molecule has 1 atom stereocenters. The van der Waals surface area contributed by atoms with Gasteiger partial charge in [0.15, 0.2) is 0 Å². The van der Waals surface area contributed by atoms with E-state index in [0.29, 0.717) is 36.3 Å². The van der Waals surface area contributed by atoms with Gasteiger partial charge in [0, 0.05) is 37.1 Å². The Morgan fingerprint density at radius 3 is 2.72 bits per heavy atom. The third-order valence-corrected chi connectivity index (χ3v) is 6.72. The summed E-state index contributed by atoms with van der Waals surface area (Å²) in [5.74, 6) is 0.348. The van der Waals surface area contributed by atoms with Crippen LogP contribution in [0.1, 0.15) is 35.1 Å². The summed E-state index contributed by atoms with van der Waals surface area (Å²) in [4.78, 5) is 20.2. The first kappa shape index (κ1) is 19.2. The number of carbonyl (C=O) groups excluding carboxylic acids is 1. The van der Waals surface area contributed by atoms with E-state index in [-0.39, 0.29) is 16.7 Å². The van der Waals surface area contributed by atoms with Gasteiger partial charge in [0.25, 0.3) is 5.91 Å². The molecule has 1 N–H and O–H groups in total. The number of nitrogens with zero attached hydrogens (tertiary/aromatic N) is 4. The number of hydrogen-bond acceptors (Lipinski definition) is 7. The first-order chi connectivity index (χ1) is 14.0. The highest BCUT2D eigenvalue weighted by molar-refractivity contribution is 7.89. The quantitative estimate of drug-likeness (QED) is 0.680. The molecule has 29 heavy (non-hydrogen) atoms. The summed E-state index contributed by atoms with van der Waals surface area (Å²) in [5.41, 5.74) is 1.09. The van der Waals surface area contributed by atoms with Crippen molar-refractivity contribution in [3.05, 3.63) is 60.2 Å². The number of aromatic nitrogens is 3. The van der Waals surface area contributed by atoms with Crippen molar-refractivity contribution in [3.8, 4) is 11.4 Å². The highest BCUT2D eigenvalue weighted by Crippen LogP contribution is 2.36. The van der Waals surface area contributed by atoms with E-state index in [1.165, 1.54) is 35.6 Å². The van der Waals surface area contributed by atoms with Crippen LogP contribution in [-0.4, -0.2) is 47.3 Å². The van der Waals surface area contributed by atoms with Crippen molar-refractivity contribution in [1.82, 2.24) is 24.7 Å².